The van der Waals surface area contributed by atoms with Crippen LogP contribution in [-0.2, 0) is 10.7 Å². The van der Waals surface area contributed by atoms with Crippen molar-refractivity contribution in [2.45, 2.75) is 50.4 Å². The summed E-state index contributed by atoms with van der Waals surface area (Å²) in [6.07, 6.45) is 2.56. The van der Waals surface area contributed by atoms with Crippen molar-refractivity contribution in [2.75, 3.05) is 0 Å². The van der Waals surface area contributed by atoms with Crippen molar-refractivity contribution in [3.8, 4) is 0 Å². The smallest absolute Gasteiger partial charge is 0.143 e. The average molecular weight is 258 g/mol. The minimum absolute atomic E-state index is 0.0933. The maximum Gasteiger partial charge on any atom is 0.143 e. The molecule has 1 saturated carbocycles. The van der Waals surface area contributed by atoms with E-state index in [4.69, 9.17) is 0 Å². The third-order valence-electron chi connectivity index (χ3n) is 2.47. The lowest BCUT2D eigenvalue weighted by Gasteiger charge is -2.19. The van der Waals surface area contributed by atoms with E-state index in [1.165, 1.54) is 12.8 Å². The Morgan fingerprint density at radius 1 is 1.36 bits per heavy atom. The molecule has 78 valence electrons. The van der Waals surface area contributed by atoms with Crippen molar-refractivity contribution < 1.29 is 0 Å². The first-order valence-corrected chi connectivity index (χ1v) is 6.16. The summed E-state index contributed by atoms with van der Waals surface area (Å²) in [5.74, 6) is 2.19. The lowest BCUT2D eigenvalue weighted by molar-refractivity contribution is 0.497. The predicted molar refractivity (Wildman–Crippen MR) is 59.6 cm³/mol. The minimum Gasteiger partial charge on any atom is -0.311 e. The van der Waals surface area contributed by atoms with Gasteiger partial charge in [0, 0.05) is 11.5 Å². The number of hydrogen-bond donors (Lipinski definition) is 0. The fraction of sp³-hybridized carbons (Fsp3) is 0.800. The van der Waals surface area contributed by atoms with Crippen molar-refractivity contribution in [1.82, 2.24) is 14.8 Å². The normalized spacial score (nSPS) is 17.4. The molecule has 0 unspecified atom stereocenters. The van der Waals surface area contributed by atoms with Crippen LogP contribution in [0.3, 0.4) is 0 Å². The van der Waals surface area contributed by atoms with Crippen LogP contribution in [0.4, 0.5) is 0 Å². The Kier molecular flexibility index (Phi) is 2.41. The molecule has 3 nitrogen and oxygen atoms in total. The highest BCUT2D eigenvalue weighted by Gasteiger charge is 2.32. The Labute approximate surface area is 93.0 Å². The van der Waals surface area contributed by atoms with Crippen LogP contribution in [0.15, 0.2) is 0 Å². The molecule has 2 rings (SSSR count). The summed E-state index contributed by atoms with van der Waals surface area (Å²) in [4.78, 5) is 0. The van der Waals surface area contributed by atoms with Gasteiger partial charge in [-0.25, -0.2) is 0 Å². The van der Waals surface area contributed by atoms with Crippen molar-refractivity contribution in [3.63, 3.8) is 0 Å². The number of nitrogens with zero attached hydrogens (tertiary/aromatic N) is 3. The predicted octanol–water partition coefficient (Wildman–Crippen LogP) is 2.81. The van der Waals surface area contributed by atoms with Gasteiger partial charge in [0.1, 0.15) is 11.6 Å². The highest BCUT2D eigenvalue weighted by molar-refractivity contribution is 9.08. The van der Waals surface area contributed by atoms with Crippen molar-refractivity contribution in [1.29, 1.82) is 0 Å². The summed E-state index contributed by atoms with van der Waals surface area (Å²) >= 11 is 3.46. The highest BCUT2D eigenvalue weighted by Crippen LogP contribution is 2.39. The summed E-state index contributed by atoms with van der Waals surface area (Å²) < 4.78 is 2.31. The van der Waals surface area contributed by atoms with Crippen LogP contribution in [0.2, 0.25) is 0 Å². The van der Waals surface area contributed by atoms with E-state index < -0.39 is 0 Å². The summed E-state index contributed by atoms with van der Waals surface area (Å²) in [5.41, 5.74) is 0.0933. The summed E-state index contributed by atoms with van der Waals surface area (Å²) in [7, 11) is 0. The molecule has 0 bridgehead atoms. The molecule has 0 amide bonds. The van der Waals surface area contributed by atoms with Gasteiger partial charge < -0.3 is 4.57 Å². The SMILES string of the molecule is CC(C)(C)c1nnc(CBr)n1C1CC1. The fourth-order valence-corrected chi connectivity index (χ4v) is 2.02. The molecule has 0 atom stereocenters. The molecule has 1 fully saturated rings. The molecule has 1 aliphatic rings. The van der Waals surface area contributed by atoms with E-state index in [9.17, 15) is 0 Å². The number of aromatic nitrogens is 3. The third-order valence-corrected chi connectivity index (χ3v) is 2.97. The van der Waals surface area contributed by atoms with E-state index in [-0.39, 0.29) is 5.41 Å². The quantitative estimate of drug-likeness (QED) is 0.764. The number of rotatable bonds is 2. The molecule has 1 aliphatic carbocycles. The second kappa shape index (κ2) is 3.33. The average Bonchev–Trinajstić information content (AvgIpc) is 2.82. The number of alkyl halides is 1. The second-order valence-corrected chi connectivity index (χ2v) is 5.49. The van der Waals surface area contributed by atoms with E-state index in [0.717, 1.165) is 17.0 Å². The Morgan fingerprint density at radius 2 is 2.00 bits per heavy atom. The first-order chi connectivity index (χ1) is 6.54. The van der Waals surface area contributed by atoms with Gasteiger partial charge in [0.2, 0.25) is 0 Å². The molecule has 1 aromatic heterocycles. The molecule has 4 heteroatoms. The lowest BCUT2D eigenvalue weighted by Crippen LogP contribution is -2.19. The van der Waals surface area contributed by atoms with E-state index in [1.807, 2.05) is 0 Å². The molecular formula is C10H16BrN3. The highest BCUT2D eigenvalue weighted by atomic mass is 79.9. The van der Waals surface area contributed by atoms with E-state index in [1.54, 1.807) is 0 Å². The molecule has 0 N–H and O–H groups in total. The summed E-state index contributed by atoms with van der Waals surface area (Å²) in [6, 6.07) is 0.659. The molecule has 1 heterocycles. The zero-order valence-electron chi connectivity index (χ0n) is 8.92. The third kappa shape index (κ3) is 1.72. The van der Waals surface area contributed by atoms with E-state index in [2.05, 4.69) is 51.5 Å². The van der Waals surface area contributed by atoms with E-state index >= 15 is 0 Å². The molecule has 14 heavy (non-hydrogen) atoms. The zero-order valence-corrected chi connectivity index (χ0v) is 10.5. The molecule has 0 spiro atoms. The Hall–Kier alpha value is -0.380. The molecule has 0 aromatic carbocycles. The number of halogens is 1. The molecule has 0 radical (unpaired) electrons. The minimum atomic E-state index is 0.0933. The molecule has 0 aliphatic heterocycles. The molecule has 1 aromatic rings. The van der Waals surface area contributed by atoms with Crippen LogP contribution in [0.5, 0.6) is 0 Å². The van der Waals surface area contributed by atoms with Crippen LogP contribution in [-0.4, -0.2) is 14.8 Å². The topological polar surface area (TPSA) is 30.7 Å². The van der Waals surface area contributed by atoms with Gasteiger partial charge in [-0.05, 0) is 12.8 Å². The van der Waals surface area contributed by atoms with Crippen LogP contribution in [0.25, 0.3) is 0 Å². The van der Waals surface area contributed by atoms with Crippen molar-refractivity contribution >= 4 is 15.9 Å². The Bertz CT molecular complexity index is 334. The van der Waals surface area contributed by atoms with Gasteiger partial charge in [-0.15, -0.1) is 10.2 Å². The monoisotopic (exact) mass is 257 g/mol. The van der Waals surface area contributed by atoms with Gasteiger partial charge >= 0.3 is 0 Å². The zero-order chi connectivity index (χ0) is 10.3. The standard InChI is InChI=1S/C10H16BrN3/c1-10(2,3)9-13-12-8(6-11)14(9)7-4-5-7/h7H,4-6H2,1-3H3. The molecular weight excluding hydrogens is 242 g/mol. The Morgan fingerprint density at radius 3 is 2.43 bits per heavy atom. The van der Waals surface area contributed by atoms with Gasteiger partial charge in [-0.2, -0.15) is 0 Å². The lowest BCUT2D eigenvalue weighted by atomic mass is 9.95. The summed E-state index contributed by atoms with van der Waals surface area (Å²) in [6.45, 7) is 6.57. The van der Waals surface area contributed by atoms with Gasteiger partial charge in [0.25, 0.3) is 0 Å². The van der Waals surface area contributed by atoms with Crippen LogP contribution < -0.4 is 0 Å². The largest absolute Gasteiger partial charge is 0.311 e. The maximum absolute atomic E-state index is 4.30. The number of hydrogen-bond acceptors (Lipinski definition) is 2. The van der Waals surface area contributed by atoms with Gasteiger partial charge in [-0.3, -0.25) is 0 Å². The fourth-order valence-electron chi connectivity index (χ4n) is 1.64. The Balaban J connectivity index is 2.44. The van der Waals surface area contributed by atoms with Gasteiger partial charge in [-0.1, -0.05) is 36.7 Å². The second-order valence-electron chi connectivity index (χ2n) is 4.92. The summed E-state index contributed by atoms with van der Waals surface area (Å²) in [5, 5.41) is 9.33. The van der Waals surface area contributed by atoms with Crippen molar-refractivity contribution in [2.24, 2.45) is 0 Å². The first kappa shape index (κ1) is 10.1. The van der Waals surface area contributed by atoms with Crippen LogP contribution >= 0.6 is 15.9 Å². The van der Waals surface area contributed by atoms with E-state index in [0.29, 0.717) is 6.04 Å². The maximum atomic E-state index is 4.30. The first-order valence-electron chi connectivity index (χ1n) is 5.04. The molecule has 0 saturated heterocycles. The van der Waals surface area contributed by atoms with Crippen LogP contribution in [0, 0.1) is 0 Å². The van der Waals surface area contributed by atoms with Gasteiger partial charge in [0.15, 0.2) is 0 Å². The van der Waals surface area contributed by atoms with Crippen LogP contribution in [0.1, 0.15) is 51.3 Å². The van der Waals surface area contributed by atoms with Crippen molar-refractivity contribution in [3.05, 3.63) is 11.6 Å². The van der Waals surface area contributed by atoms with Gasteiger partial charge in [0.05, 0.1) is 5.33 Å².